The van der Waals surface area contributed by atoms with Crippen molar-refractivity contribution in [2.24, 2.45) is 0 Å². The summed E-state index contributed by atoms with van der Waals surface area (Å²) >= 11 is 1.74. The third-order valence-corrected chi connectivity index (χ3v) is 6.20. The molecule has 0 spiro atoms. The highest BCUT2D eigenvalue weighted by Crippen LogP contribution is 2.27. The van der Waals surface area contributed by atoms with Crippen LogP contribution in [-0.4, -0.2) is 17.4 Å². The molecule has 1 heterocycles. The van der Waals surface area contributed by atoms with Crippen LogP contribution in [-0.2, 0) is 12.2 Å². The molecule has 4 nitrogen and oxygen atoms in total. The average molecular weight is 443 g/mol. The number of aromatic nitrogens is 1. The number of benzene rings is 3. The normalized spacial score (nSPS) is 10.8. The van der Waals surface area contributed by atoms with E-state index < -0.39 is 0 Å². The van der Waals surface area contributed by atoms with E-state index in [1.54, 1.807) is 11.8 Å². The molecule has 0 aliphatic carbocycles. The van der Waals surface area contributed by atoms with Crippen molar-refractivity contribution in [1.82, 2.24) is 10.3 Å². The van der Waals surface area contributed by atoms with E-state index in [-0.39, 0.29) is 5.91 Å². The predicted molar refractivity (Wildman–Crippen MR) is 130 cm³/mol. The first kappa shape index (κ1) is 21.9. The Hall–Kier alpha value is -3.31. The molecule has 5 heteroatoms. The van der Waals surface area contributed by atoms with Crippen molar-refractivity contribution in [2.45, 2.75) is 30.4 Å². The molecule has 0 bridgehead atoms. The van der Waals surface area contributed by atoms with Gasteiger partial charge in [0.15, 0.2) is 0 Å². The van der Waals surface area contributed by atoms with Gasteiger partial charge in [-0.1, -0.05) is 48.5 Å². The van der Waals surface area contributed by atoms with Crippen LogP contribution in [0.15, 0.2) is 94.2 Å². The van der Waals surface area contributed by atoms with E-state index >= 15 is 0 Å². The van der Waals surface area contributed by atoms with Gasteiger partial charge in [-0.25, -0.2) is 4.98 Å². The van der Waals surface area contributed by atoms with Gasteiger partial charge in [0.1, 0.15) is 5.76 Å². The van der Waals surface area contributed by atoms with Crippen LogP contribution in [0.5, 0.6) is 0 Å². The van der Waals surface area contributed by atoms with E-state index in [0.717, 1.165) is 35.6 Å². The minimum Gasteiger partial charge on any atom is -0.441 e. The van der Waals surface area contributed by atoms with Crippen LogP contribution in [0.25, 0.3) is 11.5 Å². The summed E-state index contributed by atoms with van der Waals surface area (Å²) in [5.74, 6) is 2.10. The molecule has 3 aromatic carbocycles. The molecule has 1 aromatic heterocycles. The molecule has 0 aliphatic heterocycles. The lowest BCUT2D eigenvalue weighted by Crippen LogP contribution is -2.24. The Balaban J connectivity index is 1.30. The molecular weight excluding hydrogens is 416 g/mol. The lowest BCUT2D eigenvalue weighted by atomic mass is 10.1. The van der Waals surface area contributed by atoms with Gasteiger partial charge in [0.25, 0.3) is 5.91 Å². The Bertz CT molecular complexity index is 1140. The van der Waals surface area contributed by atoms with E-state index in [9.17, 15) is 4.79 Å². The number of amides is 1. The van der Waals surface area contributed by atoms with Crippen LogP contribution < -0.4 is 5.32 Å². The van der Waals surface area contributed by atoms with Crippen LogP contribution in [0.4, 0.5) is 0 Å². The van der Waals surface area contributed by atoms with Crippen molar-refractivity contribution >= 4 is 17.7 Å². The summed E-state index contributed by atoms with van der Waals surface area (Å²) in [5.41, 5.74) is 3.73. The number of rotatable bonds is 9. The van der Waals surface area contributed by atoms with E-state index in [1.807, 2.05) is 67.6 Å². The predicted octanol–water partition coefficient (Wildman–Crippen LogP) is 6.30. The highest BCUT2D eigenvalue weighted by atomic mass is 32.2. The fourth-order valence-electron chi connectivity index (χ4n) is 3.36. The van der Waals surface area contributed by atoms with Gasteiger partial charge in [0, 0.05) is 28.3 Å². The Morgan fingerprint density at radius 3 is 2.34 bits per heavy atom. The van der Waals surface area contributed by atoms with E-state index in [0.29, 0.717) is 18.0 Å². The second kappa shape index (κ2) is 10.8. The fraction of sp³-hybridized carbons (Fsp3) is 0.185. The summed E-state index contributed by atoms with van der Waals surface area (Å²) < 4.78 is 5.89. The number of hydrogen-bond acceptors (Lipinski definition) is 4. The van der Waals surface area contributed by atoms with Crippen molar-refractivity contribution in [1.29, 1.82) is 0 Å². The zero-order valence-electron chi connectivity index (χ0n) is 18.1. The third kappa shape index (κ3) is 5.89. The quantitative estimate of drug-likeness (QED) is 0.244. The highest BCUT2D eigenvalue weighted by molar-refractivity contribution is 7.98. The topological polar surface area (TPSA) is 55.1 Å². The highest BCUT2D eigenvalue weighted by Gasteiger charge is 2.13. The minimum atomic E-state index is -0.0619. The monoisotopic (exact) mass is 442 g/mol. The van der Waals surface area contributed by atoms with Crippen LogP contribution in [0, 0.1) is 6.92 Å². The van der Waals surface area contributed by atoms with Crippen molar-refractivity contribution < 1.29 is 9.21 Å². The Morgan fingerprint density at radius 1 is 0.938 bits per heavy atom. The smallest absolute Gasteiger partial charge is 0.251 e. The van der Waals surface area contributed by atoms with E-state index in [2.05, 4.69) is 34.6 Å². The van der Waals surface area contributed by atoms with Gasteiger partial charge in [0.05, 0.1) is 5.69 Å². The van der Waals surface area contributed by atoms with E-state index in [4.69, 9.17) is 4.42 Å². The van der Waals surface area contributed by atoms with E-state index in [1.165, 1.54) is 10.5 Å². The van der Waals surface area contributed by atoms with Gasteiger partial charge < -0.3 is 9.73 Å². The van der Waals surface area contributed by atoms with Gasteiger partial charge in [-0.3, -0.25) is 4.79 Å². The zero-order valence-corrected chi connectivity index (χ0v) is 18.9. The zero-order chi connectivity index (χ0) is 22.2. The summed E-state index contributed by atoms with van der Waals surface area (Å²) in [5, 5.41) is 2.99. The molecule has 0 saturated carbocycles. The second-order valence-electron chi connectivity index (χ2n) is 7.55. The van der Waals surface area contributed by atoms with Crippen molar-refractivity contribution in [2.75, 3.05) is 6.54 Å². The first-order valence-electron chi connectivity index (χ1n) is 10.8. The minimum absolute atomic E-state index is 0.0619. The van der Waals surface area contributed by atoms with Crippen LogP contribution in [0.2, 0.25) is 0 Å². The van der Waals surface area contributed by atoms with Gasteiger partial charge >= 0.3 is 0 Å². The number of nitrogens with zero attached hydrogens (tertiary/aromatic N) is 1. The lowest BCUT2D eigenvalue weighted by Gasteiger charge is -2.06. The molecule has 0 radical (unpaired) electrons. The molecule has 0 fully saturated rings. The van der Waals surface area contributed by atoms with Crippen molar-refractivity contribution in [3.8, 4) is 11.5 Å². The molecular formula is C27H26N2O2S. The molecule has 162 valence electrons. The van der Waals surface area contributed by atoms with Gasteiger partial charge in [-0.2, -0.15) is 0 Å². The molecule has 4 aromatic rings. The van der Waals surface area contributed by atoms with Crippen LogP contribution in [0.3, 0.4) is 0 Å². The maximum absolute atomic E-state index is 12.4. The molecule has 0 aliphatic rings. The maximum Gasteiger partial charge on any atom is 0.251 e. The third-order valence-electron chi connectivity index (χ3n) is 5.18. The summed E-state index contributed by atoms with van der Waals surface area (Å²) in [6, 6.07) is 28.0. The summed E-state index contributed by atoms with van der Waals surface area (Å²) in [7, 11) is 0. The number of carbonyl (C=O) groups is 1. The second-order valence-corrected chi connectivity index (χ2v) is 8.59. The SMILES string of the molecule is Cc1oc(-c2ccc(C(=O)NCCCc3ccccc3)cc2)nc1CSc1ccccc1. The average Bonchev–Trinajstić information content (AvgIpc) is 3.22. The largest absolute Gasteiger partial charge is 0.441 e. The Kier molecular flexibility index (Phi) is 7.41. The maximum atomic E-state index is 12.4. The first-order valence-corrected chi connectivity index (χ1v) is 11.7. The van der Waals surface area contributed by atoms with Crippen molar-refractivity contribution in [3.05, 3.63) is 108 Å². The number of aryl methyl sites for hydroxylation is 2. The molecule has 0 unspecified atom stereocenters. The summed E-state index contributed by atoms with van der Waals surface area (Å²) in [4.78, 5) is 18.3. The molecule has 1 amide bonds. The number of carbonyl (C=O) groups excluding carboxylic acids is 1. The fourth-order valence-corrected chi connectivity index (χ4v) is 4.28. The Morgan fingerprint density at radius 2 is 1.62 bits per heavy atom. The number of hydrogen-bond donors (Lipinski definition) is 1. The van der Waals surface area contributed by atoms with Crippen molar-refractivity contribution in [3.63, 3.8) is 0 Å². The summed E-state index contributed by atoms with van der Waals surface area (Å²) in [6.07, 6.45) is 1.86. The Labute approximate surface area is 193 Å². The van der Waals surface area contributed by atoms with Crippen LogP contribution >= 0.6 is 11.8 Å². The molecule has 32 heavy (non-hydrogen) atoms. The van der Waals surface area contributed by atoms with Gasteiger partial charge in [-0.15, -0.1) is 11.8 Å². The van der Waals surface area contributed by atoms with Gasteiger partial charge in [-0.05, 0) is 61.7 Å². The number of oxazole rings is 1. The molecule has 1 N–H and O–H groups in total. The molecule has 0 atom stereocenters. The lowest BCUT2D eigenvalue weighted by molar-refractivity contribution is 0.0953. The molecule has 0 saturated heterocycles. The standard InChI is InChI=1S/C27H26N2O2S/c1-20-25(19-32-24-12-6-3-7-13-24)29-27(31-20)23-16-14-22(15-17-23)26(30)28-18-8-11-21-9-4-2-5-10-21/h2-7,9-10,12-17H,8,11,18-19H2,1H3,(H,28,30). The van der Waals surface area contributed by atoms with Crippen LogP contribution in [0.1, 0.15) is 33.8 Å². The number of nitrogens with one attached hydrogen (secondary N) is 1. The summed E-state index contributed by atoms with van der Waals surface area (Å²) in [6.45, 7) is 2.59. The first-order chi connectivity index (χ1) is 15.7. The number of thioether (sulfide) groups is 1. The van der Waals surface area contributed by atoms with Gasteiger partial charge in [0.2, 0.25) is 5.89 Å². The molecule has 4 rings (SSSR count).